The molecule has 0 spiro atoms. The molecule has 1 rings (SSSR count). The Morgan fingerprint density at radius 2 is 1.65 bits per heavy atom. The summed E-state index contributed by atoms with van der Waals surface area (Å²) in [6, 6.07) is 0.613. The average molecular weight is 274 g/mol. The second-order valence-corrected chi connectivity index (χ2v) is 5.52. The lowest BCUT2D eigenvalue weighted by atomic mass is 10.2. The van der Waals surface area contributed by atoms with Gasteiger partial charge < -0.3 is 15.1 Å². The normalized spacial score (nSPS) is 17.1. The van der Waals surface area contributed by atoms with E-state index in [0.29, 0.717) is 11.2 Å². The number of nitrogens with one attached hydrogen (secondary N) is 1. The first-order valence-electron chi connectivity index (χ1n) is 5.93. The summed E-state index contributed by atoms with van der Waals surface area (Å²) in [6.45, 7) is 8.53. The number of hydrogen-bond donors (Lipinski definition) is 1. The van der Waals surface area contributed by atoms with Gasteiger partial charge in [0.25, 0.3) is 0 Å². The minimum atomic E-state index is 0.613. The number of piperazine rings is 1. The summed E-state index contributed by atoms with van der Waals surface area (Å²) in [5, 5.41) is 4.50. The van der Waals surface area contributed by atoms with E-state index in [9.17, 15) is 0 Å². The van der Waals surface area contributed by atoms with Crippen LogP contribution in [0, 0.1) is 0 Å². The summed E-state index contributed by atoms with van der Waals surface area (Å²) in [4.78, 5) is 6.50. The zero-order valence-corrected chi connectivity index (χ0v) is 12.7. The summed E-state index contributed by atoms with van der Waals surface area (Å²) in [5.74, 6) is 0. The van der Waals surface area contributed by atoms with Crippen molar-refractivity contribution >= 4 is 34.7 Å². The second-order valence-electron chi connectivity index (χ2n) is 4.75. The summed E-state index contributed by atoms with van der Waals surface area (Å²) in [6.07, 6.45) is 0. The van der Waals surface area contributed by atoms with Gasteiger partial charge in [-0.2, -0.15) is 0 Å². The molecule has 17 heavy (non-hydrogen) atoms. The van der Waals surface area contributed by atoms with Crippen LogP contribution in [0.1, 0.15) is 13.8 Å². The van der Waals surface area contributed by atoms with Gasteiger partial charge in [0.15, 0.2) is 10.2 Å². The zero-order valence-electron chi connectivity index (χ0n) is 11.1. The van der Waals surface area contributed by atoms with Gasteiger partial charge in [-0.3, -0.25) is 4.90 Å². The van der Waals surface area contributed by atoms with E-state index in [2.05, 4.69) is 29.0 Å². The maximum atomic E-state index is 5.36. The van der Waals surface area contributed by atoms with Gasteiger partial charge in [0.2, 0.25) is 0 Å². The van der Waals surface area contributed by atoms with E-state index in [0.717, 1.165) is 31.3 Å². The lowest BCUT2D eigenvalue weighted by Gasteiger charge is -2.38. The molecule has 1 fully saturated rings. The van der Waals surface area contributed by atoms with Gasteiger partial charge in [-0.15, -0.1) is 0 Å². The van der Waals surface area contributed by atoms with E-state index in [-0.39, 0.29) is 0 Å². The van der Waals surface area contributed by atoms with Crippen LogP contribution in [-0.4, -0.2) is 71.2 Å². The maximum absolute atomic E-state index is 5.36. The number of rotatable bonds is 1. The van der Waals surface area contributed by atoms with Crippen molar-refractivity contribution in [1.29, 1.82) is 0 Å². The predicted molar refractivity (Wildman–Crippen MR) is 80.3 cm³/mol. The van der Waals surface area contributed by atoms with Crippen molar-refractivity contribution in [2.24, 2.45) is 0 Å². The summed E-state index contributed by atoms with van der Waals surface area (Å²) >= 11 is 10.5. The highest BCUT2D eigenvalue weighted by atomic mass is 32.1. The SMILES string of the molecule is CC(C)N1CCN(C(=S)NC(=S)N(C)C)CC1. The monoisotopic (exact) mass is 274 g/mol. The van der Waals surface area contributed by atoms with E-state index < -0.39 is 0 Å². The largest absolute Gasteiger partial charge is 0.355 e. The predicted octanol–water partition coefficient (Wildman–Crippen LogP) is 0.733. The first-order chi connectivity index (χ1) is 7.91. The Balaban J connectivity index is 2.38. The lowest BCUT2D eigenvalue weighted by molar-refractivity contribution is 0.148. The highest BCUT2D eigenvalue weighted by Crippen LogP contribution is 2.06. The summed E-state index contributed by atoms with van der Waals surface area (Å²) in [5.41, 5.74) is 0. The van der Waals surface area contributed by atoms with Crippen molar-refractivity contribution < 1.29 is 0 Å². The molecule has 0 aromatic rings. The molecule has 1 saturated heterocycles. The van der Waals surface area contributed by atoms with Crippen molar-refractivity contribution in [2.45, 2.75) is 19.9 Å². The quantitative estimate of drug-likeness (QED) is 0.707. The Bertz CT molecular complexity index is 283. The molecule has 0 saturated carbocycles. The number of hydrogen-bond acceptors (Lipinski definition) is 3. The lowest BCUT2D eigenvalue weighted by Crippen LogP contribution is -2.54. The minimum Gasteiger partial charge on any atom is -0.355 e. The molecular formula is C11H22N4S2. The smallest absolute Gasteiger partial charge is 0.175 e. The molecular weight excluding hydrogens is 252 g/mol. The fraction of sp³-hybridized carbons (Fsp3) is 0.818. The fourth-order valence-corrected chi connectivity index (χ4v) is 2.16. The topological polar surface area (TPSA) is 21.8 Å². The molecule has 1 aliphatic heterocycles. The van der Waals surface area contributed by atoms with E-state index >= 15 is 0 Å². The Hall–Kier alpha value is -0.460. The van der Waals surface area contributed by atoms with Gasteiger partial charge in [-0.1, -0.05) is 0 Å². The van der Waals surface area contributed by atoms with Gasteiger partial charge in [-0.25, -0.2) is 0 Å². The van der Waals surface area contributed by atoms with Crippen LogP contribution in [-0.2, 0) is 0 Å². The third kappa shape index (κ3) is 4.37. The van der Waals surface area contributed by atoms with Gasteiger partial charge in [-0.05, 0) is 38.3 Å². The molecule has 1 N–H and O–H groups in total. The van der Waals surface area contributed by atoms with Gasteiger partial charge in [0, 0.05) is 46.3 Å². The molecule has 98 valence electrons. The van der Waals surface area contributed by atoms with Crippen LogP contribution in [0.15, 0.2) is 0 Å². The molecule has 6 heteroatoms. The van der Waals surface area contributed by atoms with Crippen molar-refractivity contribution in [3.8, 4) is 0 Å². The van der Waals surface area contributed by atoms with Crippen LogP contribution in [0.25, 0.3) is 0 Å². The highest BCUT2D eigenvalue weighted by Gasteiger charge is 2.20. The fourth-order valence-electron chi connectivity index (χ4n) is 1.72. The van der Waals surface area contributed by atoms with Crippen molar-refractivity contribution in [3.63, 3.8) is 0 Å². The third-order valence-electron chi connectivity index (χ3n) is 2.95. The molecule has 0 unspecified atom stereocenters. The van der Waals surface area contributed by atoms with Gasteiger partial charge in [0.05, 0.1) is 0 Å². The van der Waals surface area contributed by atoms with Crippen molar-refractivity contribution in [1.82, 2.24) is 20.0 Å². The molecule has 1 aliphatic rings. The Morgan fingerprint density at radius 1 is 1.12 bits per heavy atom. The first kappa shape index (κ1) is 14.6. The molecule has 0 bridgehead atoms. The number of thiocarbonyl (C=S) groups is 2. The summed E-state index contributed by atoms with van der Waals surface area (Å²) < 4.78 is 0. The Kier molecular flexibility index (Phi) is 5.55. The third-order valence-corrected chi connectivity index (χ3v) is 3.78. The summed E-state index contributed by atoms with van der Waals surface area (Å²) in [7, 11) is 3.82. The van der Waals surface area contributed by atoms with Crippen LogP contribution in [0.4, 0.5) is 0 Å². The Labute approximate surface area is 115 Å². The molecule has 0 aromatic heterocycles. The van der Waals surface area contributed by atoms with Crippen LogP contribution < -0.4 is 5.32 Å². The Morgan fingerprint density at radius 3 is 2.06 bits per heavy atom. The average Bonchev–Trinajstić information content (AvgIpc) is 2.28. The molecule has 0 atom stereocenters. The number of nitrogens with zero attached hydrogens (tertiary/aromatic N) is 3. The molecule has 1 heterocycles. The molecule has 4 nitrogen and oxygen atoms in total. The van der Waals surface area contributed by atoms with E-state index in [1.54, 1.807) is 0 Å². The first-order valence-corrected chi connectivity index (χ1v) is 6.74. The molecule has 0 radical (unpaired) electrons. The molecule has 0 aliphatic carbocycles. The van der Waals surface area contributed by atoms with Crippen LogP contribution >= 0.6 is 24.4 Å². The van der Waals surface area contributed by atoms with Crippen LogP contribution in [0.5, 0.6) is 0 Å². The van der Waals surface area contributed by atoms with Crippen molar-refractivity contribution in [3.05, 3.63) is 0 Å². The second kappa shape index (κ2) is 6.47. The highest BCUT2D eigenvalue weighted by molar-refractivity contribution is 7.81. The van der Waals surface area contributed by atoms with Crippen molar-refractivity contribution in [2.75, 3.05) is 40.3 Å². The van der Waals surface area contributed by atoms with Gasteiger partial charge in [0.1, 0.15) is 0 Å². The molecule has 0 amide bonds. The van der Waals surface area contributed by atoms with Gasteiger partial charge >= 0.3 is 0 Å². The van der Waals surface area contributed by atoms with E-state index in [1.165, 1.54) is 0 Å². The zero-order chi connectivity index (χ0) is 13.0. The maximum Gasteiger partial charge on any atom is 0.175 e. The molecule has 0 aromatic carbocycles. The van der Waals surface area contributed by atoms with Crippen LogP contribution in [0.2, 0.25) is 0 Å². The van der Waals surface area contributed by atoms with E-state index in [4.69, 9.17) is 24.4 Å². The minimum absolute atomic E-state index is 0.613. The van der Waals surface area contributed by atoms with E-state index in [1.807, 2.05) is 19.0 Å². The standard InChI is InChI=1S/C11H22N4S2/c1-9(2)14-5-7-15(8-6-14)11(17)12-10(16)13(3)4/h9H,5-8H2,1-4H3,(H,12,16,17). The van der Waals surface area contributed by atoms with Crippen LogP contribution in [0.3, 0.4) is 0 Å².